The zero-order valence-corrected chi connectivity index (χ0v) is 13.8. The molecule has 5 heteroatoms. The van der Waals surface area contributed by atoms with Gasteiger partial charge in [0.15, 0.2) is 0 Å². The van der Waals surface area contributed by atoms with Crippen molar-refractivity contribution in [3.05, 3.63) is 0 Å². The molecule has 0 N–H and O–H groups in total. The zero-order valence-electron chi connectivity index (χ0n) is 13.1. The van der Waals surface area contributed by atoms with Crippen molar-refractivity contribution in [2.24, 2.45) is 0 Å². The summed E-state index contributed by atoms with van der Waals surface area (Å²) in [5.41, 5.74) is -0.427. The number of alkyl halides is 1. The Kier molecular flexibility index (Phi) is 12.2. The molecule has 0 aromatic heterocycles. The lowest BCUT2D eigenvalue weighted by Gasteiger charge is -2.19. The second kappa shape index (κ2) is 12.4. The van der Waals surface area contributed by atoms with Gasteiger partial charge in [-0.15, -0.1) is 11.6 Å². The third kappa shape index (κ3) is 15.7. The first kappa shape index (κ1) is 19.7. The molecule has 0 unspecified atom stereocenters. The maximum Gasteiger partial charge on any atom is 0.308 e. The van der Waals surface area contributed by atoms with E-state index in [1.54, 1.807) is 0 Å². The van der Waals surface area contributed by atoms with Gasteiger partial charge in [-0.2, -0.15) is 0 Å². The standard InChI is InChI=1S/C15H29ClO4/c1-15(2,3)20-14(17)8-11-19-13-12-18-10-7-5-4-6-9-16/h4-13H2,1-3H3. The Bertz CT molecular complexity index is 239. The Morgan fingerprint density at radius 2 is 1.50 bits per heavy atom. The van der Waals surface area contributed by atoms with Gasteiger partial charge in [0.2, 0.25) is 0 Å². The van der Waals surface area contributed by atoms with Gasteiger partial charge in [-0.25, -0.2) is 0 Å². The number of carbonyl (C=O) groups excluding carboxylic acids is 1. The van der Waals surface area contributed by atoms with Crippen molar-refractivity contribution in [3.63, 3.8) is 0 Å². The molecule has 0 aromatic rings. The van der Waals surface area contributed by atoms with Crippen LogP contribution in [0, 0.1) is 0 Å². The summed E-state index contributed by atoms with van der Waals surface area (Å²) in [5.74, 6) is 0.518. The fourth-order valence-electron chi connectivity index (χ4n) is 1.52. The predicted octanol–water partition coefficient (Wildman–Crippen LogP) is 3.55. The largest absolute Gasteiger partial charge is 0.460 e. The number of rotatable bonds is 12. The lowest BCUT2D eigenvalue weighted by atomic mass is 10.2. The molecule has 0 aliphatic heterocycles. The van der Waals surface area contributed by atoms with Crippen molar-refractivity contribution in [3.8, 4) is 0 Å². The smallest absolute Gasteiger partial charge is 0.308 e. The van der Waals surface area contributed by atoms with E-state index in [2.05, 4.69) is 0 Å². The van der Waals surface area contributed by atoms with Gasteiger partial charge in [0.1, 0.15) is 5.60 Å². The van der Waals surface area contributed by atoms with E-state index in [-0.39, 0.29) is 12.4 Å². The Morgan fingerprint density at radius 3 is 2.10 bits per heavy atom. The highest BCUT2D eigenvalue weighted by molar-refractivity contribution is 6.17. The minimum atomic E-state index is -0.427. The molecule has 4 nitrogen and oxygen atoms in total. The molecular formula is C15H29ClO4. The Hall–Kier alpha value is -0.320. The molecule has 0 amide bonds. The highest BCUT2D eigenvalue weighted by atomic mass is 35.5. The summed E-state index contributed by atoms with van der Waals surface area (Å²) < 4.78 is 15.9. The first-order valence-electron chi connectivity index (χ1n) is 7.39. The van der Waals surface area contributed by atoms with Gasteiger partial charge >= 0.3 is 5.97 Å². The van der Waals surface area contributed by atoms with Crippen LogP contribution in [0.4, 0.5) is 0 Å². The van der Waals surface area contributed by atoms with Crippen LogP contribution in [0.1, 0.15) is 52.9 Å². The summed E-state index contributed by atoms with van der Waals surface area (Å²) in [6, 6.07) is 0. The molecule has 0 spiro atoms. The fraction of sp³-hybridized carbons (Fsp3) is 0.933. The highest BCUT2D eigenvalue weighted by Crippen LogP contribution is 2.08. The summed E-state index contributed by atoms with van der Waals surface area (Å²) in [6.45, 7) is 7.80. The molecule has 0 rings (SSSR count). The maximum atomic E-state index is 11.4. The molecule has 0 saturated heterocycles. The van der Waals surface area contributed by atoms with E-state index in [0.29, 0.717) is 19.8 Å². The van der Waals surface area contributed by atoms with Gasteiger partial charge in [0.05, 0.1) is 26.2 Å². The summed E-state index contributed by atoms with van der Waals surface area (Å²) in [7, 11) is 0. The van der Waals surface area contributed by atoms with Crippen LogP contribution in [-0.4, -0.2) is 43.9 Å². The van der Waals surface area contributed by atoms with Crippen molar-refractivity contribution in [2.45, 2.75) is 58.5 Å². The maximum absolute atomic E-state index is 11.4. The highest BCUT2D eigenvalue weighted by Gasteiger charge is 2.15. The number of carbonyl (C=O) groups is 1. The van der Waals surface area contributed by atoms with Gasteiger partial charge < -0.3 is 14.2 Å². The van der Waals surface area contributed by atoms with E-state index < -0.39 is 5.60 Å². The molecular weight excluding hydrogens is 280 g/mol. The van der Waals surface area contributed by atoms with Crippen molar-refractivity contribution in [1.29, 1.82) is 0 Å². The van der Waals surface area contributed by atoms with E-state index in [9.17, 15) is 4.79 Å². The predicted molar refractivity (Wildman–Crippen MR) is 81.3 cm³/mol. The van der Waals surface area contributed by atoms with Crippen LogP contribution in [0.5, 0.6) is 0 Å². The molecule has 0 heterocycles. The Balaban J connectivity index is 3.19. The quantitative estimate of drug-likeness (QED) is 0.314. The molecule has 0 radical (unpaired) electrons. The second-order valence-electron chi connectivity index (χ2n) is 5.66. The topological polar surface area (TPSA) is 44.8 Å². The average molecular weight is 309 g/mol. The number of hydrogen-bond donors (Lipinski definition) is 0. The summed E-state index contributed by atoms with van der Waals surface area (Å²) in [6.07, 6.45) is 4.76. The summed E-state index contributed by atoms with van der Waals surface area (Å²) >= 11 is 5.59. The van der Waals surface area contributed by atoms with Gasteiger partial charge in [0, 0.05) is 12.5 Å². The van der Waals surface area contributed by atoms with Gasteiger partial charge in [-0.05, 0) is 33.6 Å². The molecule has 0 aliphatic rings. The van der Waals surface area contributed by atoms with Gasteiger partial charge in [-0.3, -0.25) is 4.79 Å². The van der Waals surface area contributed by atoms with Crippen molar-refractivity contribution >= 4 is 17.6 Å². The van der Waals surface area contributed by atoms with Crippen LogP contribution < -0.4 is 0 Å². The first-order chi connectivity index (χ1) is 9.45. The lowest BCUT2D eigenvalue weighted by molar-refractivity contribution is -0.156. The molecule has 20 heavy (non-hydrogen) atoms. The Morgan fingerprint density at radius 1 is 0.900 bits per heavy atom. The third-order valence-electron chi connectivity index (χ3n) is 2.41. The minimum absolute atomic E-state index is 0.224. The van der Waals surface area contributed by atoms with E-state index >= 15 is 0 Å². The van der Waals surface area contributed by atoms with Crippen molar-refractivity contribution in [2.75, 3.05) is 32.3 Å². The number of esters is 1. The minimum Gasteiger partial charge on any atom is -0.460 e. The fourth-order valence-corrected chi connectivity index (χ4v) is 1.71. The van der Waals surface area contributed by atoms with Crippen LogP contribution in [0.3, 0.4) is 0 Å². The normalized spacial score (nSPS) is 11.6. The SMILES string of the molecule is CC(C)(C)OC(=O)CCOCCOCCCCCCCl. The summed E-state index contributed by atoms with van der Waals surface area (Å²) in [5, 5.41) is 0. The molecule has 0 atom stereocenters. The van der Waals surface area contributed by atoms with Gasteiger partial charge in [-0.1, -0.05) is 12.8 Å². The number of unbranched alkanes of at least 4 members (excludes halogenated alkanes) is 3. The first-order valence-corrected chi connectivity index (χ1v) is 7.92. The summed E-state index contributed by atoms with van der Waals surface area (Å²) in [4.78, 5) is 11.4. The monoisotopic (exact) mass is 308 g/mol. The number of hydrogen-bond acceptors (Lipinski definition) is 4. The third-order valence-corrected chi connectivity index (χ3v) is 2.68. The van der Waals surface area contributed by atoms with Crippen LogP contribution in [0.25, 0.3) is 0 Å². The molecule has 0 aromatic carbocycles. The molecule has 0 fully saturated rings. The number of ether oxygens (including phenoxy) is 3. The Labute approximate surface area is 128 Å². The van der Waals surface area contributed by atoms with Crippen molar-refractivity contribution < 1.29 is 19.0 Å². The van der Waals surface area contributed by atoms with Crippen molar-refractivity contribution in [1.82, 2.24) is 0 Å². The van der Waals surface area contributed by atoms with Gasteiger partial charge in [0.25, 0.3) is 0 Å². The average Bonchev–Trinajstić information content (AvgIpc) is 2.34. The van der Waals surface area contributed by atoms with Crippen LogP contribution >= 0.6 is 11.6 Å². The van der Waals surface area contributed by atoms with Crippen LogP contribution in [0.2, 0.25) is 0 Å². The van der Waals surface area contributed by atoms with E-state index in [1.807, 2.05) is 20.8 Å². The zero-order chi connectivity index (χ0) is 15.3. The van der Waals surface area contributed by atoms with E-state index in [0.717, 1.165) is 31.7 Å². The van der Waals surface area contributed by atoms with Crippen LogP contribution in [-0.2, 0) is 19.0 Å². The number of halogens is 1. The molecule has 0 aliphatic carbocycles. The van der Waals surface area contributed by atoms with E-state index in [4.69, 9.17) is 25.8 Å². The molecule has 0 bridgehead atoms. The van der Waals surface area contributed by atoms with Crippen LogP contribution in [0.15, 0.2) is 0 Å². The molecule has 0 saturated carbocycles. The van der Waals surface area contributed by atoms with E-state index in [1.165, 1.54) is 6.42 Å². The molecule has 120 valence electrons. The lowest BCUT2D eigenvalue weighted by Crippen LogP contribution is -2.24. The second-order valence-corrected chi connectivity index (χ2v) is 6.04.